The van der Waals surface area contributed by atoms with E-state index in [0.717, 1.165) is 17.9 Å². The second kappa shape index (κ2) is 9.15. The average molecular weight is 320 g/mol. The molecule has 0 saturated carbocycles. The van der Waals surface area contributed by atoms with Gasteiger partial charge in [-0.25, -0.2) is 0 Å². The largest absolute Gasteiger partial charge is 0.378 e. The number of rotatable bonds is 8. The summed E-state index contributed by atoms with van der Waals surface area (Å²) in [5.41, 5.74) is 1.88. The van der Waals surface area contributed by atoms with Gasteiger partial charge in [0.1, 0.15) is 0 Å². The topological polar surface area (TPSA) is 55.9 Å². The fourth-order valence-corrected chi connectivity index (χ4v) is 2.12. The van der Waals surface area contributed by atoms with Crippen LogP contribution in [-0.4, -0.2) is 64.5 Å². The molecular weight excluding hydrogens is 292 g/mol. The monoisotopic (exact) mass is 320 g/mol. The van der Waals surface area contributed by atoms with E-state index in [1.807, 2.05) is 62.3 Å². The van der Waals surface area contributed by atoms with Crippen molar-refractivity contribution in [3.05, 3.63) is 24.3 Å². The van der Waals surface area contributed by atoms with E-state index in [9.17, 15) is 9.59 Å². The Labute approximate surface area is 139 Å². The third kappa shape index (κ3) is 6.69. The van der Waals surface area contributed by atoms with Crippen molar-refractivity contribution in [2.24, 2.45) is 0 Å². The molecule has 2 amide bonds. The van der Waals surface area contributed by atoms with Crippen LogP contribution in [0.3, 0.4) is 0 Å². The molecule has 0 aliphatic rings. The second-order valence-corrected chi connectivity index (χ2v) is 5.98. The van der Waals surface area contributed by atoms with E-state index in [4.69, 9.17) is 0 Å². The number of nitrogens with zero attached hydrogens (tertiary/aromatic N) is 3. The zero-order valence-electron chi connectivity index (χ0n) is 14.8. The first-order valence-electron chi connectivity index (χ1n) is 7.78. The Morgan fingerprint density at radius 2 is 1.52 bits per heavy atom. The molecule has 0 unspecified atom stereocenters. The van der Waals surface area contributed by atoms with Crippen LogP contribution in [0.15, 0.2) is 24.3 Å². The molecule has 0 saturated heterocycles. The van der Waals surface area contributed by atoms with Gasteiger partial charge in [0, 0.05) is 58.4 Å². The van der Waals surface area contributed by atoms with Crippen LogP contribution in [0.5, 0.6) is 0 Å². The highest BCUT2D eigenvalue weighted by molar-refractivity contribution is 5.92. The van der Waals surface area contributed by atoms with Crippen LogP contribution in [-0.2, 0) is 9.59 Å². The molecule has 1 aromatic rings. The summed E-state index contributed by atoms with van der Waals surface area (Å²) in [4.78, 5) is 29.3. The molecule has 6 heteroatoms. The summed E-state index contributed by atoms with van der Waals surface area (Å²) in [5, 5.41) is 2.86. The Morgan fingerprint density at radius 1 is 0.957 bits per heavy atom. The molecule has 1 aromatic carbocycles. The van der Waals surface area contributed by atoms with Crippen molar-refractivity contribution >= 4 is 23.2 Å². The molecule has 128 valence electrons. The van der Waals surface area contributed by atoms with Gasteiger partial charge in [-0.1, -0.05) is 0 Å². The molecule has 0 radical (unpaired) electrons. The predicted octanol–water partition coefficient (Wildman–Crippen LogP) is 1.17. The number of carbonyl (C=O) groups is 2. The van der Waals surface area contributed by atoms with E-state index in [1.54, 1.807) is 4.90 Å². The summed E-state index contributed by atoms with van der Waals surface area (Å²) in [6, 6.07) is 7.73. The second-order valence-electron chi connectivity index (χ2n) is 5.98. The van der Waals surface area contributed by atoms with Gasteiger partial charge in [-0.05, 0) is 38.4 Å². The van der Waals surface area contributed by atoms with Crippen LogP contribution < -0.4 is 15.1 Å². The molecule has 0 spiro atoms. The number of carbonyl (C=O) groups excluding carboxylic acids is 2. The predicted molar refractivity (Wildman–Crippen MR) is 95.0 cm³/mol. The number of nitrogens with one attached hydrogen (secondary N) is 1. The maximum absolute atomic E-state index is 11.9. The lowest BCUT2D eigenvalue weighted by Crippen LogP contribution is -2.36. The molecule has 0 bridgehead atoms. The van der Waals surface area contributed by atoms with Crippen molar-refractivity contribution < 1.29 is 9.59 Å². The lowest BCUT2D eigenvalue weighted by molar-refractivity contribution is -0.121. The van der Waals surface area contributed by atoms with E-state index in [-0.39, 0.29) is 11.8 Å². The van der Waals surface area contributed by atoms with Gasteiger partial charge in [0.05, 0.1) is 0 Å². The summed E-state index contributed by atoms with van der Waals surface area (Å²) >= 11 is 0. The van der Waals surface area contributed by atoms with Crippen molar-refractivity contribution in [3.63, 3.8) is 0 Å². The Hall–Kier alpha value is -2.08. The van der Waals surface area contributed by atoms with Crippen molar-refractivity contribution in [2.75, 3.05) is 57.6 Å². The number of hydrogen-bond donors (Lipinski definition) is 1. The number of hydrogen-bond acceptors (Lipinski definition) is 4. The Balaban J connectivity index is 2.58. The molecule has 1 rings (SSSR count). The Kier molecular flexibility index (Phi) is 7.54. The minimum Gasteiger partial charge on any atom is -0.378 e. The van der Waals surface area contributed by atoms with Crippen molar-refractivity contribution in [3.8, 4) is 0 Å². The highest BCUT2D eigenvalue weighted by Gasteiger charge is 2.13. The van der Waals surface area contributed by atoms with Gasteiger partial charge >= 0.3 is 0 Å². The van der Waals surface area contributed by atoms with Crippen LogP contribution in [0.2, 0.25) is 0 Å². The maximum Gasteiger partial charge on any atom is 0.223 e. The van der Waals surface area contributed by atoms with Gasteiger partial charge in [-0.15, -0.1) is 0 Å². The standard InChI is InChI=1S/C17H28N4O2/c1-14(22)21(12-10-17(23)18-11-13-19(2)3)16-8-6-15(7-9-16)20(4)5/h6-9H,10-13H2,1-5H3,(H,18,23). The van der Waals surface area contributed by atoms with Crippen LogP contribution in [0, 0.1) is 0 Å². The first kappa shape index (κ1) is 19.0. The number of anilines is 2. The lowest BCUT2D eigenvalue weighted by Gasteiger charge is -2.22. The van der Waals surface area contributed by atoms with Crippen LogP contribution in [0.1, 0.15) is 13.3 Å². The molecular formula is C17H28N4O2. The number of amides is 2. The minimum absolute atomic E-state index is 0.0389. The van der Waals surface area contributed by atoms with Gasteiger partial charge < -0.3 is 20.0 Å². The van der Waals surface area contributed by atoms with Gasteiger partial charge in [0.25, 0.3) is 0 Å². The fourth-order valence-electron chi connectivity index (χ4n) is 2.12. The summed E-state index contributed by atoms with van der Waals surface area (Å²) in [5.74, 6) is -0.105. The average Bonchev–Trinajstić information content (AvgIpc) is 2.47. The smallest absolute Gasteiger partial charge is 0.223 e. The van der Waals surface area contributed by atoms with Gasteiger partial charge in [-0.2, -0.15) is 0 Å². The Morgan fingerprint density at radius 3 is 2.00 bits per heavy atom. The van der Waals surface area contributed by atoms with E-state index in [1.165, 1.54) is 6.92 Å². The summed E-state index contributed by atoms with van der Waals surface area (Å²) in [6.45, 7) is 3.31. The molecule has 0 heterocycles. The van der Waals surface area contributed by atoms with E-state index in [2.05, 4.69) is 5.32 Å². The minimum atomic E-state index is -0.0660. The molecule has 1 N–H and O–H groups in total. The highest BCUT2D eigenvalue weighted by Crippen LogP contribution is 2.19. The molecule has 6 nitrogen and oxygen atoms in total. The molecule has 0 atom stereocenters. The summed E-state index contributed by atoms with van der Waals surface area (Å²) in [7, 11) is 7.85. The van der Waals surface area contributed by atoms with E-state index >= 15 is 0 Å². The highest BCUT2D eigenvalue weighted by atomic mass is 16.2. The van der Waals surface area contributed by atoms with Crippen molar-refractivity contribution in [1.29, 1.82) is 0 Å². The fraction of sp³-hybridized carbons (Fsp3) is 0.529. The van der Waals surface area contributed by atoms with E-state index < -0.39 is 0 Å². The molecule has 0 aliphatic heterocycles. The molecule has 0 fully saturated rings. The normalized spacial score (nSPS) is 10.5. The maximum atomic E-state index is 11.9. The van der Waals surface area contributed by atoms with Crippen molar-refractivity contribution in [1.82, 2.24) is 10.2 Å². The first-order chi connectivity index (χ1) is 10.8. The first-order valence-corrected chi connectivity index (χ1v) is 7.78. The SMILES string of the molecule is CC(=O)N(CCC(=O)NCCN(C)C)c1ccc(N(C)C)cc1. The lowest BCUT2D eigenvalue weighted by atomic mass is 10.2. The third-order valence-corrected chi connectivity index (χ3v) is 3.50. The van der Waals surface area contributed by atoms with Gasteiger partial charge in [0.2, 0.25) is 11.8 Å². The molecule has 0 aromatic heterocycles. The zero-order valence-corrected chi connectivity index (χ0v) is 14.8. The van der Waals surface area contributed by atoms with Crippen LogP contribution in [0.25, 0.3) is 0 Å². The van der Waals surface area contributed by atoms with Gasteiger partial charge in [-0.3, -0.25) is 9.59 Å². The van der Waals surface area contributed by atoms with E-state index in [0.29, 0.717) is 19.5 Å². The zero-order chi connectivity index (χ0) is 17.4. The summed E-state index contributed by atoms with van der Waals surface area (Å²) < 4.78 is 0. The summed E-state index contributed by atoms with van der Waals surface area (Å²) in [6.07, 6.45) is 0.294. The van der Waals surface area contributed by atoms with Crippen LogP contribution >= 0.6 is 0 Å². The molecule has 23 heavy (non-hydrogen) atoms. The van der Waals surface area contributed by atoms with Crippen molar-refractivity contribution in [2.45, 2.75) is 13.3 Å². The molecule has 0 aliphatic carbocycles. The number of likely N-dealkylation sites (N-methyl/N-ethyl adjacent to an activating group) is 1. The quantitative estimate of drug-likeness (QED) is 0.781. The number of benzene rings is 1. The van der Waals surface area contributed by atoms with Crippen LogP contribution in [0.4, 0.5) is 11.4 Å². The third-order valence-electron chi connectivity index (χ3n) is 3.50. The van der Waals surface area contributed by atoms with Gasteiger partial charge in [0.15, 0.2) is 0 Å². The Bertz CT molecular complexity index is 512.